The standard InChI is InChI=1S/C28H44O7/c1-17(15-22(29)30)7-8-20-27(5)12-9-18-25(2,3)21(35-24(33)16-23(31)32)11-13-26(18,4)19(27)10-14-28(20,6)34/h15,18-21,34H,7-14,16H2,1-6H3,(H,29,30)(H,31,32)/b17-15+. The van der Waals surface area contributed by atoms with Crippen LogP contribution in [0.1, 0.15) is 99.3 Å². The molecule has 0 aliphatic heterocycles. The van der Waals surface area contributed by atoms with Crippen molar-refractivity contribution in [2.45, 2.75) is 111 Å². The van der Waals surface area contributed by atoms with Gasteiger partial charge in [-0.05, 0) is 93.8 Å². The zero-order valence-electron chi connectivity index (χ0n) is 22.2. The first-order valence-electron chi connectivity index (χ1n) is 13.1. The molecule has 198 valence electrons. The molecule has 3 aliphatic carbocycles. The molecule has 3 aliphatic rings. The van der Waals surface area contributed by atoms with Crippen LogP contribution in [0.4, 0.5) is 0 Å². The van der Waals surface area contributed by atoms with Gasteiger partial charge in [0.15, 0.2) is 0 Å². The van der Waals surface area contributed by atoms with Crippen molar-refractivity contribution in [2.75, 3.05) is 0 Å². The molecular weight excluding hydrogens is 448 g/mol. The number of esters is 1. The van der Waals surface area contributed by atoms with Crippen LogP contribution in [0, 0.1) is 34.0 Å². The summed E-state index contributed by atoms with van der Waals surface area (Å²) < 4.78 is 5.71. The van der Waals surface area contributed by atoms with Crippen molar-refractivity contribution in [2.24, 2.45) is 34.0 Å². The highest BCUT2D eigenvalue weighted by Gasteiger charge is 2.65. The molecule has 3 fully saturated rings. The SMILES string of the molecule is C/C(=C\C(=O)O)CCC1C(C)(O)CCC2C1(C)CCC1C(C)(C)C(OC(=O)CC(=O)O)CCC12C. The molecule has 0 aromatic rings. The van der Waals surface area contributed by atoms with E-state index in [4.69, 9.17) is 14.9 Å². The lowest BCUT2D eigenvalue weighted by Gasteiger charge is -2.68. The molecule has 0 radical (unpaired) electrons. The molecule has 3 N–H and O–H groups in total. The number of rotatable bonds is 7. The van der Waals surface area contributed by atoms with Crippen molar-refractivity contribution in [1.29, 1.82) is 0 Å². The van der Waals surface area contributed by atoms with E-state index in [1.807, 2.05) is 13.8 Å². The third-order valence-electron chi connectivity index (χ3n) is 10.3. The minimum Gasteiger partial charge on any atom is -0.481 e. The van der Waals surface area contributed by atoms with Gasteiger partial charge in [-0.2, -0.15) is 0 Å². The lowest BCUT2D eigenvalue weighted by molar-refractivity contribution is -0.231. The third-order valence-corrected chi connectivity index (χ3v) is 10.3. The van der Waals surface area contributed by atoms with Gasteiger partial charge in [0.1, 0.15) is 12.5 Å². The summed E-state index contributed by atoms with van der Waals surface area (Å²) in [7, 11) is 0. The number of carbonyl (C=O) groups is 3. The van der Waals surface area contributed by atoms with Crippen LogP contribution in [0.3, 0.4) is 0 Å². The second-order valence-corrected chi connectivity index (χ2v) is 12.9. The second-order valence-electron chi connectivity index (χ2n) is 12.9. The van der Waals surface area contributed by atoms with Crippen LogP contribution in [0.5, 0.6) is 0 Å². The lowest BCUT2D eigenvalue weighted by atomic mass is 9.37. The van der Waals surface area contributed by atoms with Crippen LogP contribution in [0.2, 0.25) is 0 Å². The smallest absolute Gasteiger partial charge is 0.328 e. The van der Waals surface area contributed by atoms with Crippen molar-refractivity contribution in [3.63, 3.8) is 0 Å². The maximum absolute atomic E-state index is 12.2. The molecule has 0 aromatic heterocycles. The quantitative estimate of drug-likeness (QED) is 0.254. The second kappa shape index (κ2) is 9.53. The zero-order chi connectivity index (χ0) is 26.4. The minimum absolute atomic E-state index is 0.0207. The average molecular weight is 493 g/mol. The third kappa shape index (κ3) is 5.16. The monoisotopic (exact) mass is 492 g/mol. The summed E-state index contributed by atoms with van der Waals surface area (Å²) in [5.74, 6) is -1.98. The Morgan fingerprint density at radius 3 is 2.11 bits per heavy atom. The molecule has 0 heterocycles. The van der Waals surface area contributed by atoms with E-state index in [2.05, 4.69) is 27.7 Å². The molecule has 0 aromatic carbocycles. The average Bonchev–Trinajstić information content (AvgIpc) is 2.67. The van der Waals surface area contributed by atoms with Crippen LogP contribution in [-0.4, -0.2) is 44.9 Å². The van der Waals surface area contributed by atoms with Gasteiger partial charge >= 0.3 is 17.9 Å². The van der Waals surface area contributed by atoms with Crippen LogP contribution in [-0.2, 0) is 19.1 Å². The maximum Gasteiger partial charge on any atom is 0.328 e. The molecule has 7 heteroatoms. The maximum atomic E-state index is 12.2. The fourth-order valence-electron chi connectivity index (χ4n) is 8.79. The van der Waals surface area contributed by atoms with Gasteiger partial charge in [-0.25, -0.2) is 4.79 Å². The molecule has 3 rings (SSSR count). The Kier molecular flexibility index (Phi) is 7.54. The highest BCUT2D eigenvalue weighted by atomic mass is 16.5. The highest BCUT2D eigenvalue weighted by molar-refractivity contribution is 5.90. The van der Waals surface area contributed by atoms with Gasteiger partial charge in [-0.15, -0.1) is 0 Å². The van der Waals surface area contributed by atoms with E-state index in [0.717, 1.165) is 44.1 Å². The number of carboxylic acids is 2. The van der Waals surface area contributed by atoms with Gasteiger partial charge in [-0.3, -0.25) is 9.59 Å². The molecule has 0 saturated heterocycles. The largest absolute Gasteiger partial charge is 0.481 e. The molecule has 0 amide bonds. The predicted molar refractivity (Wildman–Crippen MR) is 132 cm³/mol. The van der Waals surface area contributed by atoms with Gasteiger partial charge < -0.3 is 20.1 Å². The normalized spacial score (nSPS) is 40.8. The first kappa shape index (κ1) is 27.7. The molecule has 0 bridgehead atoms. The molecule has 7 atom stereocenters. The summed E-state index contributed by atoms with van der Waals surface area (Å²) in [5, 5.41) is 29.6. The van der Waals surface area contributed by atoms with Crippen molar-refractivity contribution >= 4 is 17.9 Å². The van der Waals surface area contributed by atoms with Crippen molar-refractivity contribution < 1.29 is 34.4 Å². The Hall–Kier alpha value is -1.89. The van der Waals surface area contributed by atoms with E-state index in [-0.39, 0.29) is 28.3 Å². The van der Waals surface area contributed by atoms with Crippen molar-refractivity contribution in [3.05, 3.63) is 11.6 Å². The summed E-state index contributed by atoms with van der Waals surface area (Å²) >= 11 is 0. The Balaban J connectivity index is 1.86. The van der Waals surface area contributed by atoms with E-state index in [1.165, 1.54) is 6.08 Å². The summed E-state index contributed by atoms with van der Waals surface area (Å²) in [6.45, 7) is 12.8. The van der Waals surface area contributed by atoms with E-state index >= 15 is 0 Å². The van der Waals surface area contributed by atoms with Gasteiger partial charge in [0.05, 0.1) is 5.60 Å². The number of hydrogen-bond donors (Lipinski definition) is 3. The van der Waals surface area contributed by atoms with E-state index < -0.39 is 29.9 Å². The topological polar surface area (TPSA) is 121 Å². The number of aliphatic carboxylic acids is 2. The number of allylic oxidation sites excluding steroid dienone is 1. The van der Waals surface area contributed by atoms with Gasteiger partial charge in [0.25, 0.3) is 0 Å². The van der Waals surface area contributed by atoms with Crippen molar-refractivity contribution in [1.82, 2.24) is 0 Å². The Morgan fingerprint density at radius 1 is 0.914 bits per heavy atom. The number of hydrogen-bond acceptors (Lipinski definition) is 5. The van der Waals surface area contributed by atoms with E-state index in [9.17, 15) is 19.5 Å². The van der Waals surface area contributed by atoms with Gasteiger partial charge in [0, 0.05) is 11.5 Å². The number of carboxylic acid groups (broad SMARTS) is 2. The molecule has 35 heavy (non-hydrogen) atoms. The Morgan fingerprint density at radius 2 is 1.51 bits per heavy atom. The number of carbonyl (C=O) groups excluding carboxylic acids is 1. The molecule has 7 unspecified atom stereocenters. The first-order chi connectivity index (χ1) is 16.0. The fourth-order valence-corrected chi connectivity index (χ4v) is 8.79. The van der Waals surface area contributed by atoms with Crippen LogP contribution in [0.25, 0.3) is 0 Å². The fraction of sp³-hybridized carbons (Fsp3) is 0.821. The molecule has 0 spiro atoms. The van der Waals surface area contributed by atoms with Crippen LogP contribution >= 0.6 is 0 Å². The Labute approximate surface area is 209 Å². The van der Waals surface area contributed by atoms with Gasteiger partial charge in [0.2, 0.25) is 0 Å². The van der Waals surface area contributed by atoms with E-state index in [0.29, 0.717) is 24.7 Å². The lowest BCUT2D eigenvalue weighted by Crippen LogP contribution is -2.64. The highest BCUT2D eigenvalue weighted by Crippen LogP contribution is 2.70. The zero-order valence-corrected chi connectivity index (χ0v) is 22.2. The minimum atomic E-state index is -1.17. The molecule has 7 nitrogen and oxygen atoms in total. The Bertz CT molecular complexity index is 888. The summed E-state index contributed by atoms with van der Waals surface area (Å²) in [6, 6.07) is 0. The summed E-state index contributed by atoms with van der Waals surface area (Å²) in [4.78, 5) is 34.2. The van der Waals surface area contributed by atoms with Crippen LogP contribution < -0.4 is 0 Å². The van der Waals surface area contributed by atoms with E-state index in [1.54, 1.807) is 0 Å². The summed E-state index contributed by atoms with van der Waals surface area (Å²) in [5.41, 5.74) is -0.300. The molecular formula is C28H44O7. The predicted octanol–water partition coefficient (Wildman–Crippen LogP) is 5.20. The van der Waals surface area contributed by atoms with Crippen LogP contribution in [0.15, 0.2) is 11.6 Å². The van der Waals surface area contributed by atoms with Crippen molar-refractivity contribution in [3.8, 4) is 0 Å². The molecule has 3 saturated carbocycles. The number of fused-ring (bicyclic) bond motifs is 3. The first-order valence-corrected chi connectivity index (χ1v) is 13.1. The number of ether oxygens (including phenoxy) is 1. The summed E-state index contributed by atoms with van der Waals surface area (Å²) in [6.07, 6.45) is 6.96. The number of aliphatic hydroxyl groups is 1. The van der Waals surface area contributed by atoms with Gasteiger partial charge in [-0.1, -0.05) is 33.3 Å².